The number of oxime groups is 1. The fraction of sp³-hybridized carbons (Fsp3) is 0.250. The van der Waals surface area contributed by atoms with Crippen molar-refractivity contribution in [3.05, 3.63) is 48.0 Å². The molecule has 0 aliphatic carbocycles. The fourth-order valence-electron chi connectivity index (χ4n) is 3.48. The third-order valence-corrected chi connectivity index (χ3v) is 4.79. The summed E-state index contributed by atoms with van der Waals surface area (Å²) >= 11 is 0. The monoisotopic (exact) mass is 382 g/mol. The molecule has 2 aromatic rings. The Morgan fingerprint density at radius 3 is 2.14 bits per heavy atom. The highest BCUT2D eigenvalue weighted by atomic mass is 16.7. The second kappa shape index (κ2) is 6.88. The second-order valence-corrected chi connectivity index (χ2v) is 6.24. The quantitative estimate of drug-likeness (QED) is 0.736. The van der Waals surface area contributed by atoms with Gasteiger partial charge in [-0.25, -0.2) is 4.90 Å². The first-order valence-corrected chi connectivity index (χ1v) is 8.57. The fourth-order valence-corrected chi connectivity index (χ4v) is 3.48. The van der Waals surface area contributed by atoms with Crippen molar-refractivity contribution in [2.24, 2.45) is 11.1 Å². The van der Waals surface area contributed by atoms with Crippen molar-refractivity contribution in [3.8, 4) is 17.2 Å². The summed E-state index contributed by atoms with van der Waals surface area (Å²) in [6, 6.07) is 12.1. The van der Waals surface area contributed by atoms with Gasteiger partial charge in [-0.2, -0.15) is 0 Å². The number of carbonyl (C=O) groups excluding carboxylic acids is 2. The van der Waals surface area contributed by atoms with Crippen LogP contribution in [0.4, 0.5) is 5.69 Å². The standard InChI is InChI=1S/C20H18N2O6/c1-25-13-9-11(10-14(26-2)17(13)27-3)16-15-18(28-21-16)20(24)22(19(15)23)12-7-5-4-6-8-12/h4-10,15,18H,1-3H3. The summed E-state index contributed by atoms with van der Waals surface area (Å²) in [5.41, 5.74) is 1.40. The van der Waals surface area contributed by atoms with Crippen molar-refractivity contribution >= 4 is 23.2 Å². The van der Waals surface area contributed by atoms with E-state index in [0.29, 0.717) is 34.2 Å². The summed E-state index contributed by atoms with van der Waals surface area (Å²) in [6.07, 6.45) is -0.984. The molecule has 0 N–H and O–H groups in total. The molecule has 2 aromatic carbocycles. The number of hydrogen-bond acceptors (Lipinski definition) is 7. The number of rotatable bonds is 5. The topological polar surface area (TPSA) is 86.7 Å². The molecule has 0 spiro atoms. The van der Waals surface area contributed by atoms with E-state index in [9.17, 15) is 9.59 Å². The van der Waals surface area contributed by atoms with Crippen LogP contribution in [0.5, 0.6) is 17.2 Å². The van der Waals surface area contributed by atoms with Crippen molar-refractivity contribution in [2.75, 3.05) is 26.2 Å². The third-order valence-electron chi connectivity index (χ3n) is 4.79. The number of benzene rings is 2. The smallest absolute Gasteiger partial charge is 0.278 e. The molecule has 8 heteroatoms. The lowest BCUT2D eigenvalue weighted by atomic mass is 9.93. The summed E-state index contributed by atoms with van der Waals surface area (Å²) in [7, 11) is 4.50. The predicted octanol–water partition coefficient (Wildman–Crippen LogP) is 2.00. The molecule has 2 unspecified atom stereocenters. The van der Waals surface area contributed by atoms with Crippen LogP contribution < -0.4 is 19.1 Å². The second-order valence-electron chi connectivity index (χ2n) is 6.24. The Labute approximate surface area is 161 Å². The lowest BCUT2D eigenvalue weighted by molar-refractivity contribution is -0.126. The number of nitrogens with zero attached hydrogens (tertiary/aromatic N) is 2. The van der Waals surface area contributed by atoms with Gasteiger partial charge in [0.1, 0.15) is 11.6 Å². The molecular formula is C20H18N2O6. The van der Waals surface area contributed by atoms with E-state index >= 15 is 0 Å². The lowest BCUT2D eigenvalue weighted by Crippen LogP contribution is -2.33. The van der Waals surface area contributed by atoms with E-state index in [1.165, 1.54) is 21.3 Å². The number of imide groups is 1. The number of carbonyl (C=O) groups is 2. The molecule has 28 heavy (non-hydrogen) atoms. The average Bonchev–Trinajstić information content (AvgIpc) is 3.27. The van der Waals surface area contributed by atoms with Crippen LogP contribution in [0.15, 0.2) is 47.6 Å². The minimum Gasteiger partial charge on any atom is -0.493 e. The third kappa shape index (κ3) is 2.57. The van der Waals surface area contributed by atoms with Gasteiger partial charge in [0.25, 0.3) is 5.91 Å². The van der Waals surface area contributed by atoms with Crippen LogP contribution in [0.2, 0.25) is 0 Å². The Morgan fingerprint density at radius 2 is 1.57 bits per heavy atom. The van der Waals surface area contributed by atoms with Gasteiger partial charge in [-0.3, -0.25) is 9.59 Å². The summed E-state index contributed by atoms with van der Waals surface area (Å²) in [6.45, 7) is 0. The van der Waals surface area contributed by atoms with Gasteiger partial charge >= 0.3 is 0 Å². The molecular weight excluding hydrogens is 364 g/mol. The van der Waals surface area contributed by atoms with Crippen molar-refractivity contribution in [1.82, 2.24) is 0 Å². The van der Waals surface area contributed by atoms with E-state index in [1.807, 2.05) is 6.07 Å². The van der Waals surface area contributed by atoms with E-state index in [2.05, 4.69) is 5.16 Å². The van der Waals surface area contributed by atoms with Gasteiger partial charge in [-0.05, 0) is 24.3 Å². The molecule has 2 aliphatic heterocycles. The Hall–Kier alpha value is -3.55. The maximum atomic E-state index is 13.1. The minimum atomic E-state index is -0.984. The van der Waals surface area contributed by atoms with Gasteiger partial charge in [0.2, 0.25) is 17.8 Å². The summed E-state index contributed by atoms with van der Waals surface area (Å²) in [5.74, 6) is -0.405. The zero-order chi connectivity index (χ0) is 19.8. The summed E-state index contributed by atoms with van der Waals surface area (Å²) in [5, 5.41) is 4.02. The highest BCUT2D eigenvalue weighted by molar-refractivity contribution is 6.32. The van der Waals surface area contributed by atoms with Gasteiger partial charge in [-0.1, -0.05) is 23.4 Å². The van der Waals surface area contributed by atoms with Gasteiger partial charge in [0, 0.05) is 5.56 Å². The van der Waals surface area contributed by atoms with Gasteiger partial charge < -0.3 is 19.0 Å². The van der Waals surface area contributed by atoms with Crippen LogP contribution in [-0.2, 0) is 14.4 Å². The molecule has 2 heterocycles. The number of anilines is 1. The predicted molar refractivity (Wildman–Crippen MR) is 99.9 cm³/mol. The maximum absolute atomic E-state index is 13.1. The molecule has 4 rings (SSSR count). The van der Waals surface area contributed by atoms with E-state index in [0.717, 1.165) is 4.90 Å². The Bertz CT molecular complexity index is 947. The molecule has 8 nitrogen and oxygen atoms in total. The number of fused-ring (bicyclic) bond motifs is 1. The zero-order valence-electron chi connectivity index (χ0n) is 15.5. The van der Waals surface area contributed by atoms with Crippen LogP contribution >= 0.6 is 0 Å². The number of amides is 2. The first-order chi connectivity index (χ1) is 13.6. The molecule has 0 saturated carbocycles. The maximum Gasteiger partial charge on any atom is 0.278 e. The number of methoxy groups -OCH3 is 3. The molecule has 144 valence electrons. The molecule has 1 fully saturated rings. The number of hydrogen-bond donors (Lipinski definition) is 0. The van der Waals surface area contributed by atoms with Crippen LogP contribution in [0, 0.1) is 5.92 Å². The van der Waals surface area contributed by atoms with Crippen LogP contribution in [0.25, 0.3) is 0 Å². The van der Waals surface area contributed by atoms with Crippen molar-refractivity contribution in [3.63, 3.8) is 0 Å². The van der Waals surface area contributed by atoms with E-state index < -0.39 is 17.9 Å². The molecule has 1 saturated heterocycles. The molecule has 0 radical (unpaired) electrons. The molecule has 0 aromatic heterocycles. The molecule has 2 amide bonds. The van der Waals surface area contributed by atoms with Crippen LogP contribution in [0.1, 0.15) is 5.56 Å². The van der Waals surface area contributed by atoms with Crippen molar-refractivity contribution < 1.29 is 28.6 Å². The van der Waals surface area contributed by atoms with E-state index in [-0.39, 0.29) is 5.91 Å². The lowest BCUT2D eigenvalue weighted by Gasteiger charge is -2.16. The van der Waals surface area contributed by atoms with Crippen molar-refractivity contribution in [2.45, 2.75) is 6.10 Å². The Kier molecular flexibility index (Phi) is 4.38. The van der Waals surface area contributed by atoms with Crippen LogP contribution in [-0.4, -0.2) is 45.0 Å². The minimum absolute atomic E-state index is 0.348. The molecule has 2 aliphatic rings. The number of para-hydroxylation sites is 1. The Morgan fingerprint density at radius 1 is 0.929 bits per heavy atom. The van der Waals surface area contributed by atoms with Gasteiger partial charge in [-0.15, -0.1) is 0 Å². The average molecular weight is 382 g/mol. The SMILES string of the molecule is COc1cc(C2=NOC3C(=O)N(c4ccccc4)C(=O)C23)cc(OC)c1OC. The highest BCUT2D eigenvalue weighted by Gasteiger charge is 2.56. The summed E-state index contributed by atoms with van der Waals surface area (Å²) < 4.78 is 16.1. The normalized spacial score (nSPS) is 20.5. The molecule has 0 bridgehead atoms. The first kappa shape index (κ1) is 17.8. The number of ether oxygens (including phenoxy) is 3. The van der Waals surface area contributed by atoms with Crippen molar-refractivity contribution in [1.29, 1.82) is 0 Å². The van der Waals surface area contributed by atoms with Crippen LogP contribution in [0.3, 0.4) is 0 Å². The zero-order valence-corrected chi connectivity index (χ0v) is 15.5. The largest absolute Gasteiger partial charge is 0.493 e. The Balaban J connectivity index is 1.74. The van der Waals surface area contributed by atoms with E-state index in [1.54, 1.807) is 36.4 Å². The highest BCUT2D eigenvalue weighted by Crippen LogP contribution is 2.41. The van der Waals surface area contributed by atoms with E-state index in [4.69, 9.17) is 19.0 Å². The molecule has 2 atom stereocenters. The van der Waals surface area contributed by atoms with Gasteiger partial charge in [0.05, 0.1) is 27.0 Å². The summed E-state index contributed by atoms with van der Waals surface area (Å²) in [4.78, 5) is 32.3. The van der Waals surface area contributed by atoms with Gasteiger partial charge in [0.15, 0.2) is 11.5 Å². The first-order valence-electron chi connectivity index (χ1n) is 8.57.